The highest BCUT2D eigenvalue weighted by Gasteiger charge is 2.24. The number of aliphatic carboxylic acids is 1. The van der Waals surface area contributed by atoms with Gasteiger partial charge in [0.1, 0.15) is 23.0 Å². The maximum atomic E-state index is 12.0. The molecule has 0 unspecified atom stereocenters. The number of methoxy groups -OCH3 is 2. The molecule has 1 aliphatic rings. The number of rotatable bonds is 8. The zero-order chi connectivity index (χ0) is 25.7. The third-order valence-corrected chi connectivity index (χ3v) is 5.95. The van der Waals surface area contributed by atoms with Crippen molar-refractivity contribution in [1.29, 1.82) is 0 Å². The Balaban J connectivity index is 1.50. The highest BCUT2D eigenvalue weighted by atomic mass is 32.2. The topological polar surface area (TPSA) is 111 Å². The van der Waals surface area contributed by atoms with E-state index in [1.165, 1.54) is 14.2 Å². The minimum atomic E-state index is -1.08. The normalized spacial score (nSPS) is 14.5. The molecule has 182 valence electrons. The Morgan fingerprint density at radius 1 is 0.833 bits per heavy atom. The predicted molar refractivity (Wildman–Crippen MR) is 137 cm³/mol. The van der Waals surface area contributed by atoms with E-state index in [1.807, 2.05) is 0 Å². The van der Waals surface area contributed by atoms with Crippen molar-refractivity contribution in [2.75, 3.05) is 14.2 Å². The molecule has 36 heavy (non-hydrogen) atoms. The SMILES string of the molecule is COc1cc(/C=C(\C(=O)O)c2ccc(Oc3ccc(/C=C4/SC(=O)NC4=O)cc3)cc2)cc(OC)c1. The third-order valence-electron chi connectivity index (χ3n) is 5.14. The minimum absolute atomic E-state index is 0.0987. The fourth-order valence-electron chi connectivity index (χ4n) is 3.39. The highest BCUT2D eigenvalue weighted by molar-refractivity contribution is 8.18. The van der Waals surface area contributed by atoms with Crippen molar-refractivity contribution in [2.45, 2.75) is 0 Å². The number of carbonyl (C=O) groups excluding carboxylic acids is 2. The Hall–Kier alpha value is -4.50. The van der Waals surface area contributed by atoms with E-state index in [9.17, 15) is 19.5 Å². The van der Waals surface area contributed by atoms with Crippen molar-refractivity contribution >= 4 is 46.6 Å². The number of hydrogen-bond donors (Lipinski definition) is 2. The van der Waals surface area contributed by atoms with Crippen LogP contribution in [-0.4, -0.2) is 36.4 Å². The Morgan fingerprint density at radius 2 is 1.42 bits per heavy atom. The van der Waals surface area contributed by atoms with Crippen LogP contribution in [-0.2, 0) is 9.59 Å². The monoisotopic (exact) mass is 503 g/mol. The van der Waals surface area contributed by atoms with Gasteiger partial charge in [-0.05, 0) is 77.0 Å². The van der Waals surface area contributed by atoms with Crippen molar-refractivity contribution < 1.29 is 33.7 Å². The van der Waals surface area contributed by atoms with Gasteiger partial charge in [0, 0.05) is 6.07 Å². The average Bonchev–Trinajstić information content (AvgIpc) is 3.20. The second-order valence-electron chi connectivity index (χ2n) is 7.56. The van der Waals surface area contributed by atoms with Crippen molar-refractivity contribution in [3.63, 3.8) is 0 Å². The molecule has 1 aliphatic heterocycles. The highest BCUT2D eigenvalue weighted by Crippen LogP contribution is 2.29. The van der Waals surface area contributed by atoms with Crippen molar-refractivity contribution in [1.82, 2.24) is 5.32 Å². The van der Waals surface area contributed by atoms with Crippen LogP contribution < -0.4 is 19.5 Å². The molecule has 2 amide bonds. The van der Waals surface area contributed by atoms with E-state index in [0.717, 1.165) is 17.3 Å². The van der Waals surface area contributed by atoms with Crippen LogP contribution in [0.5, 0.6) is 23.0 Å². The van der Waals surface area contributed by atoms with Crippen LogP contribution in [0.25, 0.3) is 17.7 Å². The lowest BCUT2D eigenvalue weighted by Crippen LogP contribution is -2.17. The van der Waals surface area contributed by atoms with E-state index in [4.69, 9.17) is 14.2 Å². The fourth-order valence-corrected chi connectivity index (χ4v) is 4.07. The molecule has 0 aromatic heterocycles. The fraction of sp³-hybridized carbons (Fsp3) is 0.0741. The number of nitrogens with one attached hydrogen (secondary N) is 1. The maximum Gasteiger partial charge on any atom is 0.336 e. The van der Waals surface area contributed by atoms with Gasteiger partial charge in [0.2, 0.25) is 0 Å². The number of hydrogen-bond acceptors (Lipinski definition) is 7. The smallest absolute Gasteiger partial charge is 0.336 e. The molecule has 0 saturated carbocycles. The average molecular weight is 504 g/mol. The predicted octanol–water partition coefficient (Wildman–Crippen LogP) is 5.45. The molecule has 3 aromatic carbocycles. The number of amides is 2. The molecule has 4 rings (SSSR count). The van der Waals surface area contributed by atoms with E-state index >= 15 is 0 Å². The summed E-state index contributed by atoms with van der Waals surface area (Å²) in [7, 11) is 3.05. The molecule has 0 atom stereocenters. The lowest BCUT2D eigenvalue weighted by Gasteiger charge is -2.09. The molecule has 8 nitrogen and oxygen atoms in total. The summed E-state index contributed by atoms with van der Waals surface area (Å²) in [5.74, 6) is 0.692. The van der Waals surface area contributed by atoms with Gasteiger partial charge in [0.15, 0.2) is 0 Å². The molecule has 0 bridgehead atoms. The molecule has 9 heteroatoms. The second-order valence-corrected chi connectivity index (χ2v) is 8.57. The first-order valence-corrected chi connectivity index (χ1v) is 11.5. The summed E-state index contributed by atoms with van der Waals surface area (Å²) in [6, 6.07) is 18.8. The van der Waals surface area contributed by atoms with E-state index in [-0.39, 0.29) is 5.57 Å². The van der Waals surface area contributed by atoms with Gasteiger partial charge < -0.3 is 19.3 Å². The largest absolute Gasteiger partial charge is 0.497 e. The zero-order valence-electron chi connectivity index (χ0n) is 19.3. The van der Waals surface area contributed by atoms with Crippen LogP contribution in [0, 0.1) is 0 Å². The van der Waals surface area contributed by atoms with E-state index in [1.54, 1.807) is 78.9 Å². The van der Waals surface area contributed by atoms with Crippen LogP contribution in [0.1, 0.15) is 16.7 Å². The summed E-state index contributed by atoms with van der Waals surface area (Å²) in [4.78, 5) is 35.3. The van der Waals surface area contributed by atoms with Gasteiger partial charge in [-0.15, -0.1) is 0 Å². The standard InChI is InChI=1S/C27H21NO7S/c1-33-21-11-17(12-22(15-21)34-2)13-23(26(30)31)18-5-9-20(10-6-18)35-19-7-3-16(4-8-19)14-24-25(29)28-27(32)36-24/h3-15H,1-2H3,(H,30,31)(H,28,29,32)/b23-13-,24-14+. The van der Waals surface area contributed by atoms with Crippen LogP contribution in [0.2, 0.25) is 0 Å². The molecule has 0 aliphatic carbocycles. The first kappa shape index (κ1) is 24.6. The summed E-state index contributed by atoms with van der Waals surface area (Å²) in [6.07, 6.45) is 3.17. The first-order valence-electron chi connectivity index (χ1n) is 10.7. The molecule has 2 N–H and O–H groups in total. The Labute approximate surface area is 211 Å². The number of carboxylic acid groups (broad SMARTS) is 1. The van der Waals surface area contributed by atoms with Gasteiger partial charge in [0.25, 0.3) is 11.1 Å². The summed E-state index contributed by atoms with van der Waals surface area (Å²) in [5, 5.41) is 11.6. The molecule has 0 radical (unpaired) electrons. The summed E-state index contributed by atoms with van der Waals surface area (Å²) >= 11 is 0.856. The lowest BCUT2D eigenvalue weighted by atomic mass is 10.0. The number of carboxylic acids is 1. The number of benzene rings is 3. The molecule has 1 saturated heterocycles. The quantitative estimate of drug-likeness (QED) is 0.309. The third kappa shape index (κ3) is 5.94. The molecule has 1 fully saturated rings. The Bertz CT molecular complexity index is 1350. The number of ether oxygens (including phenoxy) is 3. The summed E-state index contributed by atoms with van der Waals surface area (Å²) in [5.41, 5.74) is 1.97. The van der Waals surface area contributed by atoms with Gasteiger partial charge in [0.05, 0.1) is 24.7 Å². The van der Waals surface area contributed by atoms with E-state index in [2.05, 4.69) is 5.32 Å². The minimum Gasteiger partial charge on any atom is -0.497 e. The van der Waals surface area contributed by atoms with Gasteiger partial charge >= 0.3 is 5.97 Å². The first-order chi connectivity index (χ1) is 17.3. The molecule has 3 aromatic rings. The second kappa shape index (κ2) is 10.8. The van der Waals surface area contributed by atoms with Crippen LogP contribution in [0.4, 0.5) is 4.79 Å². The van der Waals surface area contributed by atoms with E-state index < -0.39 is 17.1 Å². The molecule has 1 heterocycles. The number of imide groups is 1. The van der Waals surface area contributed by atoms with Crippen molar-refractivity contribution in [3.05, 3.63) is 88.3 Å². The molecular weight excluding hydrogens is 482 g/mol. The van der Waals surface area contributed by atoms with Crippen LogP contribution >= 0.6 is 11.8 Å². The Kier molecular flexibility index (Phi) is 7.41. The number of thioether (sulfide) groups is 1. The van der Waals surface area contributed by atoms with E-state index in [0.29, 0.717) is 39.0 Å². The summed E-state index contributed by atoms with van der Waals surface area (Å²) < 4.78 is 16.4. The lowest BCUT2D eigenvalue weighted by molar-refractivity contribution is -0.130. The van der Waals surface area contributed by atoms with Gasteiger partial charge in [-0.25, -0.2) is 4.79 Å². The Morgan fingerprint density at radius 3 is 1.92 bits per heavy atom. The molecule has 0 spiro atoms. The van der Waals surface area contributed by atoms with Crippen molar-refractivity contribution in [3.8, 4) is 23.0 Å². The van der Waals surface area contributed by atoms with Crippen LogP contribution in [0.3, 0.4) is 0 Å². The molecular formula is C27H21NO7S. The van der Waals surface area contributed by atoms with Gasteiger partial charge in [-0.2, -0.15) is 0 Å². The van der Waals surface area contributed by atoms with Gasteiger partial charge in [-0.1, -0.05) is 24.3 Å². The summed E-state index contributed by atoms with van der Waals surface area (Å²) in [6.45, 7) is 0. The van der Waals surface area contributed by atoms with Gasteiger partial charge in [-0.3, -0.25) is 14.9 Å². The van der Waals surface area contributed by atoms with Crippen LogP contribution in [0.15, 0.2) is 71.6 Å². The maximum absolute atomic E-state index is 12.0. The zero-order valence-corrected chi connectivity index (χ0v) is 20.1. The number of carbonyl (C=O) groups is 3. The van der Waals surface area contributed by atoms with Crippen molar-refractivity contribution in [2.24, 2.45) is 0 Å².